The molecule has 0 saturated carbocycles. The molecule has 4 aromatic carbocycles. The van der Waals surface area contributed by atoms with Gasteiger partial charge in [0.05, 0.1) is 4.90 Å². The van der Waals surface area contributed by atoms with Crippen molar-refractivity contribution in [3.63, 3.8) is 0 Å². The van der Waals surface area contributed by atoms with Gasteiger partial charge in [-0.15, -0.1) is 0 Å². The molecule has 0 amide bonds. The third-order valence-electron chi connectivity index (χ3n) is 4.48. The number of carbonyl (C=O) groups is 1. The predicted octanol–water partition coefficient (Wildman–Crippen LogP) is 7.18. The fourth-order valence-corrected chi connectivity index (χ4v) is 4.05. The van der Waals surface area contributed by atoms with E-state index in [-0.39, 0.29) is 0 Å². The normalized spacial score (nSPS) is 10.6. The first kappa shape index (κ1) is 19.8. The zero-order valence-corrected chi connectivity index (χ0v) is 17.3. The lowest BCUT2D eigenvalue weighted by atomic mass is 10.1. The molecule has 4 rings (SSSR count). The fraction of sp³-hybridized carbons (Fsp3) is 0.0385. The Balaban J connectivity index is 1.91. The van der Waals surface area contributed by atoms with Crippen molar-refractivity contribution >= 4 is 28.5 Å². The van der Waals surface area contributed by atoms with Gasteiger partial charge in [0.25, 0.3) is 0 Å². The topological polar surface area (TPSA) is 35.5 Å². The molecule has 0 saturated heterocycles. The molecule has 0 aromatic heterocycles. The van der Waals surface area contributed by atoms with E-state index >= 15 is 0 Å². The summed E-state index contributed by atoms with van der Waals surface area (Å²) in [5.74, 6) is 1.45. The standard InChI is InChI=1S/C26H20O3S/c1-3-25(27)29-26-21-15-14-18(2)16-22(21)23(28-19-10-6-4-7-11-19)17-24(26)30-20-12-8-5-9-13-20/h3-17H,1H2,2H3. The van der Waals surface area contributed by atoms with Crippen molar-refractivity contribution in [3.05, 3.63) is 103 Å². The molecule has 0 radical (unpaired) electrons. The molecule has 4 aromatic rings. The highest BCUT2D eigenvalue weighted by Gasteiger charge is 2.18. The van der Waals surface area contributed by atoms with E-state index in [4.69, 9.17) is 9.47 Å². The van der Waals surface area contributed by atoms with Crippen LogP contribution in [0.2, 0.25) is 0 Å². The number of ether oxygens (including phenoxy) is 2. The van der Waals surface area contributed by atoms with Gasteiger partial charge < -0.3 is 9.47 Å². The molecule has 0 spiro atoms. The molecule has 0 atom stereocenters. The Morgan fingerprint density at radius 1 is 0.900 bits per heavy atom. The Kier molecular flexibility index (Phi) is 5.87. The van der Waals surface area contributed by atoms with Gasteiger partial charge in [-0.3, -0.25) is 0 Å². The van der Waals surface area contributed by atoms with Crippen LogP contribution in [0.15, 0.2) is 107 Å². The minimum Gasteiger partial charge on any atom is -0.457 e. The quantitative estimate of drug-likeness (QED) is 0.191. The van der Waals surface area contributed by atoms with Crippen LogP contribution in [0.1, 0.15) is 5.56 Å². The highest BCUT2D eigenvalue weighted by atomic mass is 32.2. The van der Waals surface area contributed by atoms with Gasteiger partial charge in [0.1, 0.15) is 11.5 Å². The molecule has 0 bridgehead atoms. The lowest BCUT2D eigenvalue weighted by Gasteiger charge is -2.17. The van der Waals surface area contributed by atoms with E-state index in [1.807, 2.05) is 91.9 Å². The number of aryl methyl sites for hydroxylation is 1. The van der Waals surface area contributed by atoms with E-state index in [1.165, 1.54) is 17.8 Å². The number of esters is 1. The maximum Gasteiger partial charge on any atom is 0.335 e. The smallest absolute Gasteiger partial charge is 0.335 e. The van der Waals surface area contributed by atoms with E-state index in [9.17, 15) is 4.79 Å². The van der Waals surface area contributed by atoms with Gasteiger partial charge in [0, 0.05) is 21.7 Å². The van der Waals surface area contributed by atoms with E-state index in [1.54, 1.807) is 0 Å². The van der Waals surface area contributed by atoms with Gasteiger partial charge in [-0.05, 0) is 43.3 Å². The minimum atomic E-state index is -0.497. The summed E-state index contributed by atoms with van der Waals surface area (Å²) in [4.78, 5) is 13.9. The SMILES string of the molecule is C=CC(=O)Oc1c(Sc2ccccc2)cc(Oc2ccccc2)c2cc(C)ccc12. The molecule has 0 fully saturated rings. The van der Waals surface area contributed by atoms with Gasteiger partial charge in [-0.2, -0.15) is 0 Å². The summed E-state index contributed by atoms with van der Waals surface area (Å²) >= 11 is 1.52. The Labute approximate surface area is 180 Å². The summed E-state index contributed by atoms with van der Waals surface area (Å²) in [7, 11) is 0. The monoisotopic (exact) mass is 412 g/mol. The van der Waals surface area contributed by atoms with Crippen LogP contribution in [0.3, 0.4) is 0 Å². The summed E-state index contributed by atoms with van der Waals surface area (Å²) in [5, 5.41) is 1.69. The van der Waals surface area contributed by atoms with Gasteiger partial charge >= 0.3 is 5.97 Å². The predicted molar refractivity (Wildman–Crippen MR) is 122 cm³/mol. The summed E-state index contributed by atoms with van der Waals surface area (Å²) in [6.07, 6.45) is 1.17. The first-order valence-electron chi connectivity index (χ1n) is 9.51. The van der Waals surface area contributed by atoms with E-state index < -0.39 is 5.97 Å². The fourth-order valence-electron chi connectivity index (χ4n) is 3.09. The van der Waals surface area contributed by atoms with E-state index in [0.717, 1.165) is 31.9 Å². The summed E-state index contributed by atoms with van der Waals surface area (Å²) in [6.45, 7) is 5.55. The number of para-hydroxylation sites is 1. The average molecular weight is 413 g/mol. The second-order valence-electron chi connectivity index (χ2n) is 6.71. The number of benzene rings is 4. The highest BCUT2D eigenvalue weighted by molar-refractivity contribution is 7.99. The number of hydrogen-bond donors (Lipinski definition) is 0. The Hall–Kier alpha value is -3.50. The molecular formula is C26H20O3S. The summed E-state index contributed by atoms with van der Waals surface area (Å²) < 4.78 is 11.9. The average Bonchev–Trinajstić information content (AvgIpc) is 2.77. The molecule has 3 nitrogen and oxygen atoms in total. The third-order valence-corrected chi connectivity index (χ3v) is 5.51. The van der Waals surface area contributed by atoms with E-state index in [2.05, 4.69) is 6.58 Å². The maximum absolute atomic E-state index is 12.1. The highest BCUT2D eigenvalue weighted by Crippen LogP contribution is 2.45. The number of fused-ring (bicyclic) bond motifs is 1. The lowest BCUT2D eigenvalue weighted by Crippen LogP contribution is -2.05. The Morgan fingerprint density at radius 3 is 2.30 bits per heavy atom. The zero-order chi connectivity index (χ0) is 20.9. The molecular weight excluding hydrogens is 392 g/mol. The van der Waals surface area contributed by atoms with Crippen molar-refractivity contribution in [2.45, 2.75) is 16.7 Å². The van der Waals surface area contributed by atoms with Crippen LogP contribution >= 0.6 is 11.8 Å². The van der Waals surface area contributed by atoms with Crippen LogP contribution in [0.25, 0.3) is 10.8 Å². The second kappa shape index (κ2) is 8.89. The van der Waals surface area contributed by atoms with E-state index in [0.29, 0.717) is 11.5 Å². The summed E-state index contributed by atoms with van der Waals surface area (Å²) in [6, 6.07) is 27.5. The number of hydrogen-bond acceptors (Lipinski definition) is 4. The third kappa shape index (κ3) is 4.39. The molecule has 0 heterocycles. The zero-order valence-electron chi connectivity index (χ0n) is 16.5. The van der Waals surface area contributed by atoms with Crippen LogP contribution in [0.5, 0.6) is 17.2 Å². The first-order chi connectivity index (χ1) is 14.6. The first-order valence-corrected chi connectivity index (χ1v) is 10.3. The van der Waals surface area contributed by atoms with Crippen molar-refractivity contribution in [2.24, 2.45) is 0 Å². The van der Waals surface area contributed by atoms with Crippen molar-refractivity contribution < 1.29 is 14.3 Å². The maximum atomic E-state index is 12.1. The van der Waals surface area contributed by atoms with Gasteiger partial charge in [-0.25, -0.2) is 4.79 Å². The number of rotatable bonds is 6. The molecule has 0 aliphatic heterocycles. The number of carbonyl (C=O) groups excluding carboxylic acids is 1. The summed E-state index contributed by atoms with van der Waals surface area (Å²) in [5.41, 5.74) is 1.09. The van der Waals surface area contributed by atoms with Crippen molar-refractivity contribution in [3.8, 4) is 17.2 Å². The van der Waals surface area contributed by atoms with Crippen LogP contribution < -0.4 is 9.47 Å². The lowest BCUT2D eigenvalue weighted by molar-refractivity contribution is -0.129. The van der Waals surface area contributed by atoms with Gasteiger partial charge in [0.2, 0.25) is 0 Å². The molecule has 4 heteroatoms. The molecule has 0 aliphatic carbocycles. The second-order valence-corrected chi connectivity index (χ2v) is 7.82. The van der Waals surface area contributed by atoms with Crippen molar-refractivity contribution in [1.29, 1.82) is 0 Å². The molecule has 148 valence electrons. The molecule has 0 unspecified atom stereocenters. The minimum absolute atomic E-state index is 0.497. The van der Waals surface area contributed by atoms with Gasteiger partial charge in [-0.1, -0.05) is 72.4 Å². The van der Waals surface area contributed by atoms with Crippen molar-refractivity contribution in [1.82, 2.24) is 0 Å². The molecule has 0 N–H and O–H groups in total. The van der Waals surface area contributed by atoms with Crippen LogP contribution in [-0.4, -0.2) is 5.97 Å². The van der Waals surface area contributed by atoms with Crippen molar-refractivity contribution in [2.75, 3.05) is 0 Å². The molecule has 30 heavy (non-hydrogen) atoms. The van der Waals surface area contributed by atoms with Crippen LogP contribution in [-0.2, 0) is 4.79 Å². The Bertz CT molecular complexity index is 1200. The van der Waals surface area contributed by atoms with Gasteiger partial charge in [0.15, 0.2) is 5.75 Å². The molecule has 0 aliphatic rings. The van der Waals surface area contributed by atoms with Crippen LogP contribution in [0, 0.1) is 6.92 Å². The largest absolute Gasteiger partial charge is 0.457 e. The van der Waals surface area contributed by atoms with Crippen LogP contribution in [0.4, 0.5) is 0 Å². The Morgan fingerprint density at radius 2 is 1.60 bits per heavy atom.